The standard InChI is InChI=1S/C9H14N.C2H4O2/c1-3-9-6-5-7-10(4-2)8-9;1-2(3)4/h5-8H,3-4H2,1-2H3;1H3,(H,3,4)/q+1;/p-1. The average Bonchev–Trinajstić information content (AvgIpc) is 2.17. The van der Waals surface area contributed by atoms with Crippen molar-refractivity contribution in [1.29, 1.82) is 0 Å². The van der Waals surface area contributed by atoms with Crippen LogP contribution in [0.25, 0.3) is 0 Å². The number of rotatable bonds is 2. The summed E-state index contributed by atoms with van der Waals surface area (Å²) in [5.74, 6) is -1.08. The molecule has 1 rings (SSSR count). The third kappa shape index (κ3) is 6.17. The van der Waals surface area contributed by atoms with Gasteiger partial charge in [0.05, 0.1) is 0 Å². The lowest BCUT2D eigenvalue weighted by molar-refractivity contribution is -0.693. The summed E-state index contributed by atoms with van der Waals surface area (Å²) >= 11 is 0. The molecule has 0 atom stereocenters. The van der Waals surface area contributed by atoms with E-state index in [4.69, 9.17) is 9.90 Å². The van der Waals surface area contributed by atoms with E-state index < -0.39 is 5.97 Å². The smallest absolute Gasteiger partial charge is 0.171 e. The zero-order valence-electron chi connectivity index (χ0n) is 8.99. The van der Waals surface area contributed by atoms with Crippen molar-refractivity contribution < 1.29 is 14.5 Å². The Hall–Kier alpha value is -1.38. The molecule has 0 aliphatic carbocycles. The first kappa shape index (κ1) is 12.6. The number of carbonyl (C=O) groups is 1. The van der Waals surface area contributed by atoms with E-state index in [1.807, 2.05) is 0 Å². The van der Waals surface area contributed by atoms with Gasteiger partial charge in [0.25, 0.3) is 0 Å². The lowest BCUT2D eigenvalue weighted by Crippen LogP contribution is -2.31. The van der Waals surface area contributed by atoms with Gasteiger partial charge in [-0.2, -0.15) is 0 Å². The van der Waals surface area contributed by atoms with Crippen molar-refractivity contribution in [2.75, 3.05) is 0 Å². The molecule has 78 valence electrons. The second-order valence-electron chi connectivity index (χ2n) is 2.89. The molecule has 14 heavy (non-hydrogen) atoms. The monoisotopic (exact) mass is 195 g/mol. The van der Waals surface area contributed by atoms with Crippen LogP contribution in [0.5, 0.6) is 0 Å². The zero-order valence-corrected chi connectivity index (χ0v) is 8.99. The van der Waals surface area contributed by atoms with Crippen LogP contribution >= 0.6 is 0 Å². The van der Waals surface area contributed by atoms with Gasteiger partial charge in [-0.25, -0.2) is 4.57 Å². The summed E-state index contributed by atoms with van der Waals surface area (Å²) in [6.45, 7) is 6.36. The number of pyridine rings is 1. The van der Waals surface area contributed by atoms with Gasteiger partial charge in [0.2, 0.25) is 0 Å². The summed E-state index contributed by atoms with van der Waals surface area (Å²) < 4.78 is 2.19. The fourth-order valence-corrected chi connectivity index (χ4v) is 0.982. The van der Waals surface area contributed by atoms with Crippen LogP contribution in [0.15, 0.2) is 24.5 Å². The summed E-state index contributed by atoms with van der Waals surface area (Å²) in [5.41, 5.74) is 1.41. The molecule has 0 N–H and O–H groups in total. The van der Waals surface area contributed by atoms with Gasteiger partial charge in [-0.3, -0.25) is 0 Å². The molecule has 1 heterocycles. The number of carboxylic acid groups (broad SMARTS) is 1. The molecule has 0 saturated carbocycles. The van der Waals surface area contributed by atoms with E-state index in [-0.39, 0.29) is 0 Å². The van der Waals surface area contributed by atoms with Crippen LogP contribution in [0.1, 0.15) is 26.3 Å². The topological polar surface area (TPSA) is 44.0 Å². The van der Waals surface area contributed by atoms with Crippen LogP contribution in [-0.4, -0.2) is 5.97 Å². The van der Waals surface area contributed by atoms with Crippen molar-refractivity contribution in [3.63, 3.8) is 0 Å². The number of nitrogens with zero attached hydrogens (tertiary/aromatic N) is 1. The van der Waals surface area contributed by atoms with E-state index >= 15 is 0 Å². The molecule has 0 radical (unpaired) electrons. The van der Waals surface area contributed by atoms with Gasteiger partial charge in [0.1, 0.15) is 6.54 Å². The third-order valence-electron chi connectivity index (χ3n) is 1.69. The highest BCUT2D eigenvalue weighted by atomic mass is 16.4. The number of aromatic nitrogens is 1. The van der Waals surface area contributed by atoms with Gasteiger partial charge >= 0.3 is 0 Å². The number of aryl methyl sites for hydroxylation is 2. The molecule has 0 fully saturated rings. The zero-order chi connectivity index (χ0) is 11.0. The minimum Gasteiger partial charge on any atom is -0.550 e. The summed E-state index contributed by atoms with van der Waals surface area (Å²) in [7, 11) is 0. The highest BCUT2D eigenvalue weighted by Crippen LogP contribution is 1.93. The average molecular weight is 195 g/mol. The quantitative estimate of drug-likeness (QED) is 0.638. The summed E-state index contributed by atoms with van der Waals surface area (Å²) in [6, 6.07) is 4.26. The van der Waals surface area contributed by atoms with Gasteiger partial charge in [0, 0.05) is 17.6 Å². The molecule has 1 aromatic heterocycles. The maximum Gasteiger partial charge on any atom is 0.171 e. The maximum atomic E-state index is 8.89. The van der Waals surface area contributed by atoms with Gasteiger partial charge in [-0.1, -0.05) is 6.92 Å². The Bertz CT molecular complexity index is 261. The second kappa shape index (κ2) is 7.06. The fraction of sp³-hybridized carbons (Fsp3) is 0.455. The van der Waals surface area contributed by atoms with Crippen molar-refractivity contribution in [2.45, 2.75) is 33.7 Å². The van der Waals surface area contributed by atoms with E-state index in [1.165, 1.54) is 5.56 Å². The molecule has 0 saturated heterocycles. The van der Waals surface area contributed by atoms with E-state index in [9.17, 15) is 0 Å². The molecule has 3 nitrogen and oxygen atoms in total. The SMILES string of the molecule is CC(=O)[O-].CCc1ccc[n+](CC)c1. The number of carbonyl (C=O) groups excluding carboxylic acids is 1. The van der Waals surface area contributed by atoms with E-state index in [0.717, 1.165) is 19.9 Å². The third-order valence-corrected chi connectivity index (χ3v) is 1.69. The van der Waals surface area contributed by atoms with E-state index in [2.05, 4.69) is 42.9 Å². The minimum absolute atomic E-state index is 0.972. The lowest BCUT2D eigenvalue weighted by Gasteiger charge is -1.93. The molecular formula is C11H17NO2. The summed E-state index contributed by atoms with van der Waals surface area (Å²) in [5, 5.41) is 8.89. The Morgan fingerprint density at radius 2 is 2.07 bits per heavy atom. The second-order valence-corrected chi connectivity index (χ2v) is 2.89. The minimum atomic E-state index is -1.08. The number of carboxylic acids is 1. The van der Waals surface area contributed by atoms with Crippen LogP contribution in [0.3, 0.4) is 0 Å². The number of aliphatic carboxylic acids is 1. The first-order valence-corrected chi connectivity index (χ1v) is 4.75. The van der Waals surface area contributed by atoms with Crippen LogP contribution in [0, 0.1) is 0 Å². The molecule has 0 amide bonds. The maximum absolute atomic E-state index is 8.89. The molecule has 0 bridgehead atoms. The molecule has 0 aliphatic heterocycles. The molecule has 0 aromatic carbocycles. The molecule has 3 heteroatoms. The Morgan fingerprint density at radius 3 is 2.50 bits per heavy atom. The molecule has 0 aliphatic rings. The molecular weight excluding hydrogens is 178 g/mol. The number of hydrogen-bond donors (Lipinski definition) is 0. The van der Waals surface area contributed by atoms with Crippen molar-refractivity contribution in [3.05, 3.63) is 30.1 Å². The van der Waals surface area contributed by atoms with E-state index in [1.54, 1.807) is 0 Å². The van der Waals surface area contributed by atoms with Crippen molar-refractivity contribution in [3.8, 4) is 0 Å². The van der Waals surface area contributed by atoms with Gasteiger partial charge < -0.3 is 9.90 Å². The number of hydrogen-bond acceptors (Lipinski definition) is 2. The van der Waals surface area contributed by atoms with Crippen LogP contribution in [-0.2, 0) is 17.8 Å². The van der Waals surface area contributed by atoms with Crippen LogP contribution in [0.4, 0.5) is 0 Å². The summed E-state index contributed by atoms with van der Waals surface area (Å²) in [4.78, 5) is 8.89. The van der Waals surface area contributed by atoms with Gasteiger partial charge in [-0.05, 0) is 26.3 Å². The Morgan fingerprint density at radius 1 is 1.50 bits per heavy atom. The highest BCUT2D eigenvalue weighted by Gasteiger charge is 1.95. The highest BCUT2D eigenvalue weighted by molar-refractivity contribution is 5.60. The predicted molar refractivity (Wildman–Crippen MR) is 52.4 cm³/mol. The van der Waals surface area contributed by atoms with Gasteiger partial charge in [-0.15, -0.1) is 0 Å². The predicted octanol–water partition coefficient (Wildman–Crippen LogP) is 0.313. The first-order chi connectivity index (χ1) is 6.60. The Kier molecular flexibility index (Phi) is 6.37. The van der Waals surface area contributed by atoms with Crippen LogP contribution < -0.4 is 9.67 Å². The molecule has 0 spiro atoms. The van der Waals surface area contributed by atoms with Gasteiger partial charge in [0.15, 0.2) is 12.4 Å². The fourth-order valence-electron chi connectivity index (χ4n) is 0.982. The normalized spacial score (nSPS) is 8.79. The lowest BCUT2D eigenvalue weighted by atomic mass is 10.2. The van der Waals surface area contributed by atoms with E-state index in [0.29, 0.717) is 0 Å². The van der Waals surface area contributed by atoms with Crippen LogP contribution in [0.2, 0.25) is 0 Å². The summed E-state index contributed by atoms with van der Waals surface area (Å²) in [6.07, 6.45) is 5.42. The van der Waals surface area contributed by atoms with Crippen molar-refractivity contribution >= 4 is 5.97 Å². The largest absolute Gasteiger partial charge is 0.550 e. The molecule has 1 aromatic rings. The Balaban J connectivity index is 0.000000364. The first-order valence-electron chi connectivity index (χ1n) is 4.75. The Labute approximate surface area is 85.0 Å². The molecule has 0 unspecified atom stereocenters. The van der Waals surface area contributed by atoms with Crippen molar-refractivity contribution in [1.82, 2.24) is 0 Å². The van der Waals surface area contributed by atoms with Crippen molar-refractivity contribution in [2.24, 2.45) is 0 Å².